The molecular formula is C20H33N3O2. The Bertz CT molecular complexity index is 588. The van der Waals surface area contributed by atoms with Gasteiger partial charge >= 0.3 is 0 Å². The molecule has 140 valence electrons. The Labute approximate surface area is 152 Å². The van der Waals surface area contributed by atoms with E-state index in [1.165, 1.54) is 11.1 Å². The average molecular weight is 348 g/mol. The van der Waals surface area contributed by atoms with Crippen LogP contribution in [0, 0.1) is 13.8 Å². The van der Waals surface area contributed by atoms with Gasteiger partial charge in [0, 0.05) is 32.2 Å². The Morgan fingerprint density at radius 3 is 2.60 bits per heavy atom. The number of hydrogen-bond donors (Lipinski definition) is 2. The number of amides is 1. The zero-order valence-corrected chi connectivity index (χ0v) is 16.2. The Morgan fingerprint density at radius 2 is 2.00 bits per heavy atom. The van der Waals surface area contributed by atoms with Gasteiger partial charge in [0.2, 0.25) is 5.91 Å². The van der Waals surface area contributed by atoms with Crippen LogP contribution in [0.1, 0.15) is 43.5 Å². The molecule has 2 N–H and O–H groups in total. The van der Waals surface area contributed by atoms with E-state index in [1.807, 2.05) is 13.8 Å². The molecule has 0 radical (unpaired) electrons. The van der Waals surface area contributed by atoms with Crippen LogP contribution < -0.4 is 5.32 Å². The quantitative estimate of drug-likeness (QED) is 0.825. The largest absolute Gasteiger partial charge is 0.392 e. The first-order chi connectivity index (χ1) is 11.8. The Hall–Kier alpha value is -1.43. The zero-order valence-electron chi connectivity index (χ0n) is 16.2. The summed E-state index contributed by atoms with van der Waals surface area (Å²) < 4.78 is 0. The number of aliphatic hydroxyl groups is 1. The molecule has 25 heavy (non-hydrogen) atoms. The van der Waals surface area contributed by atoms with Crippen molar-refractivity contribution in [2.24, 2.45) is 0 Å². The average Bonchev–Trinajstić information content (AvgIpc) is 2.52. The topological polar surface area (TPSA) is 55.8 Å². The lowest BCUT2D eigenvalue weighted by atomic mass is 10.0. The molecule has 1 aliphatic heterocycles. The van der Waals surface area contributed by atoms with Crippen molar-refractivity contribution in [3.8, 4) is 0 Å². The van der Waals surface area contributed by atoms with Crippen molar-refractivity contribution < 1.29 is 9.90 Å². The standard InChI is InChI=1S/C20H33N3O2/c1-14-6-7-19(10-15(14)2)18(5)21-20(25)13-22-8-9-23(12-17(4)24)16(3)11-22/h6-7,10,16-18,24H,8-9,11-13H2,1-5H3,(H,21,25). The number of nitrogens with one attached hydrogen (secondary N) is 1. The van der Waals surface area contributed by atoms with Gasteiger partial charge in [-0.2, -0.15) is 0 Å². The molecule has 1 amide bonds. The highest BCUT2D eigenvalue weighted by Crippen LogP contribution is 2.17. The minimum Gasteiger partial charge on any atom is -0.392 e. The minimum absolute atomic E-state index is 0.0146. The van der Waals surface area contributed by atoms with E-state index in [4.69, 9.17) is 0 Å². The van der Waals surface area contributed by atoms with Gasteiger partial charge < -0.3 is 10.4 Å². The molecule has 1 aliphatic rings. The van der Waals surface area contributed by atoms with Crippen molar-refractivity contribution in [3.63, 3.8) is 0 Å². The Morgan fingerprint density at radius 1 is 1.28 bits per heavy atom. The predicted octanol–water partition coefficient (Wildman–Crippen LogP) is 1.87. The number of rotatable bonds is 6. The summed E-state index contributed by atoms with van der Waals surface area (Å²) in [7, 11) is 0. The third-order valence-electron chi connectivity index (χ3n) is 5.12. The fraction of sp³-hybridized carbons (Fsp3) is 0.650. The Balaban J connectivity index is 1.83. The van der Waals surface area contributed by atoms with E-state index in [-0.39, 0.29) is 18.1 Å². The first-order valence-corrected chi connectivity index (χ1v) is 9.27. The van der Waals surface area contributed by atoms with Crippen molar-refractivity contribution in [2.75, 3.05) is 32.7 Å². The van der Waals surface area contributed by atoms with E-state index >= 15 is 0 Å². The van der Waals surface area contributed by atoms with E-state index in [2.05, 4.69) is 54.1 Å². The second-order valence-electron chi connectivity index (χ2n) is 7.56. The lowest BCUT2D eigenvalue weighted by Gasteiger charge is -2.40. The molecule has 0 saturated carbocycles. The smallest absolute Gasteiger partial charge is 0.234 e. The van der Waals surface area contributed by atoms with Gasteiger partial charge in [0.25, 0.3) is 0 Å². The maximum absolute atomic E-state index is 12.4. The number of piperazine rings is 1. The van der Waals surface area contributed by atoms with Gasteiger partial charge in [-0.15, -0.1) is 0 Å². The maximum Gasteiger partial charge on any atom is 0.234 e. The van der Waals surface area contributed by atoms with Crippen molar-refractivity contribution >= 4 is 5.91 Å². The summed E-state index contributed by atoms with van der Waals surface area (Å²) in [5, 5.41) is 12.7. The number of carbonyl (C=O) groups is 1. The molecule has 0 bridgehead atoms. The number of aryl methyl sites for hydroxylation is 2. The second-order valence-corrected chi connectivity index (χ2v) is 7.56. The minimum atomic E-state index is -0.309. The fourth-order valence-electron chi connectivity index (χ4n) is 3.43. The van der Waals surface area contributed by atoms with Gasteiger partial charge in [-0.25, -0.2) is 0 Å². The SMILES string of the molecule is Cc1ccc(C(C)NC(=O)CN2CCN(CC(C)O)C(C)C2)cc1C. The van der Waals surface area contributed by atoms with Crippen LogP contribution in [-0.2, 0) is 4.79 Å². The molecule has 5 heteroatoms. The van der Waals surface area contributed by atoms with E-state index in [9.17, 15) is 9.90 Å². The number of β-amino-alcohol motifs (C(OH)–C–C–N with tert-alkyl or cyclic N) is 1. The monoisotopic (exact) mass is 347 g/mol. The van der Waals surface area contributed by atoms with Crippen LogP contribution in [0.15, 0.2) is 18.2 Å². The molecule has 3 atom stereocenters. The van der Waals surface area contributed by atoms with Gasteiger partial charge in [0.15, 0.2) is 0 Å². The van der Waals surface area contributed by atoms with Crippen LogP contribution in [0.2, 0.25) is 0 Å². The zero-order chi connectivity index (χ0) is 18.6. The number of hydrogen-bond acceptors (Lipinski definition) is 4. The molecule has 3 unspecified atom stereocenters. The van der Waals surface area contributed by atoms with Crippen molar-refractivity contribution in [1.29, 1.82) is 0 Å². The molecule has 5 nitrogen and oxygen atoms in total. The summed E-state index contributed by atoms with van der Waals surface area (Å²) in [4.78, 5) is 16.9. The van der Waals surface area contributed by atoms with Gasteiger partial charge in [0.1, 0.15) is 0 Å². The summed E-state index contributed by atoms with van der Waals surface area (Å²) in [6, 6.07) is 6.71. The normalized spacial score (nSPS) is 21.8. The summed E-state index contributed by atoms with van der Waals surface area (Å²) in [6.45, 7) is 14.0. The molecule has 2 rings (SSSR count). The van der Waals surface area contributed by atoms with E-state index in [0.717, 1.165) is 25.2 Å². The van der Waals surface area contributed by atoms with Crippen molar-refractivity contribution in [1.82, 2.24) is 15.1 Å². The summed E-state index contributed by atoms with van der Waals surface area (Å²) in [5.41, 5.74) is 3.67. The number of carbonyl (C=O) groups excluding carboxylic acids is 1. The first kappa shape index (κ1) is 19.9. The van der Waals surface area contributed by atoms with Gasteiger partial charge in [-0.3, -0.25) is 14.6 Å². The third-order valence-corrected chi connectivity index (χ3v) is 5.12. The number of nitrogens with zero attached hydrogens (tertiary/aromatic N) is 2. The van der Waals surface area contributed by atoms with Crippen LogP contribution in [0.4, 0.5) is 0 Å². The van der Waals surface area contributed by atoms with Crippen LogP contribution >= 0.6 is 0 Å². The third kappa shape index (κ3) is 5.80. The molecule has 0 aliphatic carbocycles. The first-order valence-electron chi connectivity index (χ1n) is 9.27. The molecule has 1 saturated heterocycles. The molecule has 1 aromatic carbocycles. The van der Waals surface area contributed by atoms with Gasteiger partial charge in [-0.05, 0) is 51.3 Å². The van der Waals surface area contributed by atoms with E-state index in [0.29, 0.717) is 19.1 Å². The second kappa shape index (κ2) is 8.79. The Kier molecular flexibility index (Phi) is 6.99. The predicted molar refractivity (Wildman–Crippen MR) is 102 cm³/mol. The lowest BCUT2D eigenvalue weighted by Crippen LogP contribution is -2.55. The van der Waals surface area contributed by atoms with Gasteiger partial charge in [0.05, 0.1) is 18.7 Å². The van der Waals surface area contributed by atoms with E-state index in [1.54, 1.807) is 0 Å². The highest BCUT2D eigenvalue weighted by molar-refractivity contribution is 5.78. The van der Waals surface area contributed by atoms with E-state index < -0.39 is 0 Å². The molecule has 1 heterocycles. The molecule has 0 aromatic heterocycles. The molecule has 1 aromatic rings. The molecule has 1 fully saturated rings. The van der Waals surface area contributed by atoms with Crippen LogP contribution in [0.25, 0.3) is 0 Å². The molecular weight excluding hydrogens is 314 g/mol. The maximum atomic E-state index is 12.4. The molecule has 0 spiro atoms. The van der Waals surface area contributed by atoms with Gasteiger partial charge in [-0.1, -0.05) is 18.2 Å². The summed E-state index contributed by atoms with van der Waals surface area (Å²) in [6.07, 6.45) is -0.309. The van der Waals surface area contributed by atoms with Crippen LogP contribution in [0.5, 0.6) is 0 Å². The van der Waals surface area contributed by atoms with Crippen molar-refractivity contribution in [3.05, 3.63) is 34.9 Å². The highest BCUT2D eigenvalue weighted by Gasteiger charge is 2.25. The highest BCUT2D eigenvalue weighted by atomic mass is 16.3. The van der Waals surface area contributed by atoms with Crippen molar-refractivity contribution in [2.45, 2.75) is 52.8 Å². The fourth-order valence-corrected chi connectivity index (χ4v) is 3.43. The summed E-state index contributed by atoms with van der Waals surface area (Å²) >= 11 is 0. The van der Waals surface area contributed by atoms with Crippen LogP contribution in [0.3, 0.4) is 0 Å². The number of aliphatic hydroxyl groups excluding tert-OH is 1. The number of benzene rings is 1. The summed E-state index contributed by atoms with van der Waals surface area (Å²) in [5.74, 6) is 0.0712. The van der Waals surface area contributed by atoms with Crippen LogP contribution in [-0.4, -0.2) is 65.7 Å². The lowest BCUT2D eigenvalue weighted by molar-refractivity contribution is -0.123.